The zero-order valence-corrected chi connectivity index (χ0v) is 16.8. The molecule has 0 saturated carbocycles. The van der Waals surface area contributed by atoms with Gasteiger partial charge >= 0.3 is 0 Å². The molecule has 0 spiro atoms. The summed E-state index contributed by atoms with van der Waals surface area (Å²) in [5.74, 6) is -1.24. The molecule has 1 heterocycles. The predicted molar refractivity (Wildman–Crippen MR) is 109 cm³/mol. The average molecular weight is 397 g/mol. The van der Waals surface area contributed by atoms with Crippen molar-refractivity contribution in [2.24, 2.45) is 17.8 Å². The van der Waals surface area contributed by atoms with Crippen LogP contribution in [0.25, 0.3) is 0 Å². The van der Waals surface area contributed by atoms with Crippen molar-refractivity contribution in [3.8, 4) is 0 Å². The number of likely N-dealkylation sites (tertiary alicyclic amines) is 1. The Bertz CT molecular complexity index is 820. The summed E-state index contributed by atoms with van der Waals surface area (Å²) in [6.45, 7) is 4.60. The number of rotatable bonds is 7. The van der Waals surface area contributed by atoms with Crippen LogP contribution in [0.5, 0.6) is 0 Å². The summed E-state index contributed by atoms with van der Waals surface area (Å²) < 4.78 is 0. The third kappa shape index (κ3) is 4.72. The second-order valence-electron chi connectivity index (χ2n) is 7.93. The van der Waals surface area contributed by atoms with Crippen molar-refractivity contribution in [2.75, 3.05) is 18.4 Å². The first-order chi connectivity index (χ1) is 13.9. The minimum Gasteiger partial charge on any atom is -0.352 e. The number of hydrogen-bond acceptors (Lipinski definition) is 4. The van der Waals surface area contributed by atoms with Crippen LogP contribution >= 0.6 is 0 Å². The van der Waals surface area contributed by atoms with Gasteiger partial charge in [-0.15, -0.1) is 0 Å². The molecule has 7 nitrogen and oxygen atoms in total. The molecule has 154 valence electrons. The van der Waals surface area contributed by atoms with Crippen LogP contribution in [0.2, 0.25) is 0 Å². The standard InChI is InChI=1S/C22H27N3O4/c1-14(2)13-23-20(27)17-9-5-6-10-18(17)24-19(26)11-12-25-21(28)15-7-3-4-8-16(15)22(25)29/h3-6,9-10,14-16H,7-8,11-13H2,1-2H3,(H,23,27)(H,24,26). The number of nitrogens with one attached hydrogen (secondary N) is 2. The number of amides is 4. The second kappa shape index (κ2) is 9.03. The third-order valence-corrected chi connectivity index (χ3v) is 5.28. The van der Waals surface area contributed by atoms with Gasteiger partial charge in [0.1, 0.15) is 0 Å². The summed E-state index contributed by atoms with van der Waals surface area (Å²) in [6, 6.07) is 6.78. The Morgan fingerprint density at radius 2 is 1.69 bits per heavy atom. The molecule has 3 rings (SSSR count). The van der Waals surface area contributed by atoms with E-state index in [9.17, 15) is 19.2 Å². The minimum atomic E-state index is -0.345. The van der Waals surface area contributed by atoms with Crippen molar-refractivity contribution in [1.29, 1.82) is 0 Å². The molecule has 1 aromatic carbocycles. The molecule has 1 aliphatic heterocycles. The fraction of sp³-hybridized carbons (Fsp3) is 0.455. The molecule has 1 saturated heterocycles. The number of para-hydroxylation sites is 1. The van der Waals surface area contributed by atoms with E-state index in [0.29, 0.717) is 36.6 Å². The van der Waals surface area contributed by atoms with E-state index in [-0.39, 0.29) is 48.4 Å². The maximum Gasteiger partial charge on any atom is 0.253 e. The Kier molecular flexibility index (Phi) is 6.46. The van der Waals surface area contributed by atoms with Crippen LogP contribution in [0.1, 0.15) is 43.5 Å². The largest absolute Gasteiger partial charge is 0.352 e. The lowest BCUT2D eigenvalue weighted by Gasteiger charge is -2.15. The number of anilines is 1. The van der Waals surface area contributed by atoms with Gasteiger partial charge in [0.25, 0.3) is 5.91 Å². The predicted octanol–water partition coefficient (Wildman–Crippen LogP) is 2.35. The molecule has 2 N–H and O–H groups in total. The van der Waals surface area contributed by atoms with E-state index in [0.717, 1.165) is 0 Å². The highest BCUT2D eigenvalue weighted by Crippen LogP contribution is 2.35. The van der Waals surface area contributed by atoms with Crippen molar-refractivity contribution in [3.05, 3.63) is 42.0 Å². The van der Waals surface area contributed by atoms with Crippen LogP contribution in [0, 0.1) is 17.8 Å². The van der Waals surface area contributed by atoms with Crippen molar-refractivity contribution in [3.63, 3.8) is 0 Å². The molecule has 1 aliphatic carbocycles. The Hall–Kier alpha value is -2.96. The molecule has 0 aromatic heterocycles. The highest BCUT2D eigenvalue weighted by atomic mass is 16.2. The van der Waals surface area contributed by atoms with Crippen LogP contribution in [0.15, 0.2) is 36.4 Å². The quantitative estimate of drug-likeness (QED) is 0.545. The van der Waals surface area contributed by atoms with E-state index in [2.05, 4.69) is 10.6 Å². The molecule has 1 aromatic rings. The van der Waals surface area contributed by atoms with Gasteiger partial charge in [-0.25, -0.2) is 0 Å². The van der Waals surface area contributed by atoms with Crippen LogP contribution in [0.4, 0.5) is 5.69 Å². The Morgan fingerprint density at radius 3 is 2.31 bits per heavy atom. The molecule has 1 fully saturated rings. The number of carbonyl (C=O) groups is 4. The Labute approximate surface area is 170 Å². The van der Waals surface area contributed by atoms with Gasteiger partial charge in [-0.05, 0) is 30.9 Å². The first kappa shape index (κ1) is 20.8. The zero-order chi connectivity index (χ0) is 21.0. The maximum absolute atomic E-state index is 12.5. The van der Waals surface area contributed by atoms with Gasteiger partial charge in [0.2, 0.25) is 17.7 Å². The number of imide groups is 1. The SMILES string of the molecule is CC(C)CNC(=O)c1ccccc1NC(=O)CCN1C(=O)C2CC=CCC2C1=O. The van der Waals surface area contributed by atoms with Gasteiger partial charge in [0.05, 0.1) is 23.1 Å². The molecule has 2 unspecified atom stereocenters. The lowest BCUT2D eigenvalue weighted by atomic mass is 9.85. The molecular weight excluding hydrogens is 370 g/mol. The second-order valence-corrected chi connectivity index (χ2v) is 7.93. The number of nitrogens with zero attached hydrogens (tertiary/aromatic N) is 1. The van der Waals surface area contributed by atoms with Gasteiger partial charge in [0.15, 0.2) is 0 Å². The fourth-order valence-corrected chi connectivity index (χ4v) is 3.70. The Morgan fingerprint density at radius 1 is 1.07 bits per heavy atom. The third-order valence-electron chi connectivity index (χ3n) is 5.28. The van der Waals surface area contributed by atoms with E-state index >= 15 is 0 Å². The highest BCUT2D eigenvalue weighted by molar-refractivity contribution is 6.06. The number of fused-ring (bicyclic) bond motifs is 1. The smallest absolute Gasteiger partial charge is 0.253 e. The van der Waals surface area contributed by atoms with E-state index in [1.54, 1.807) is 24.3 Å². The van der Waals surface area contributed by atoms with E-state index in [4.69, 9.17) is 0 Å². The summed E-state index contributed by atoms with van der Waals surface area (Å²) in [7, 11) is 0. The summed E-state index contributed by atoms with van der Waals surface area (Å²) in [5.41, 5.74) is 0.794. The van der Waals surface area contributed by atoms with Crippen LogP contribution in [-0.4, -0.2) is 41.6 Å². The van der Waals surface area contributed by atoms with Crippen molar-refractivity contribution in [1.82, 2.24) is 10.2 Å². The van der Waals surface area contributed by atoms with Crippen molar-refractivity contribution < 1.29 is 19.2 Å². The summed E-state index contributed by atoms with van der Waals surface area (Å²) in [5, 5.41) is 5.57. The minimum absolute atomic E-state index is 0.00764. The fourth-order valence-electron chi connectivity index (χ4n) is 3.70. The van der Waals surface area contributed by atoms with E-state index in [1.165, 1.54) is 4.90 Å². The van der Waals surface area contributed by atoms with Crippen molar-refractivity contribution >= 4 is 29.3 Å². The molecule has 0 radical (unpaired) electrons. The Balaban J connectivity index is 1.58. The van der Waals surface area contributed by atoms with Crippen molar-refractivity contribution in [2.45, 2.75) is 33.1 Å². The molecule has 4 amide bonds. The molecule has 2 aliphatic rings. The zero-order valence-electron chi connectivity index (χ0n) is 16.8. The lowest BCUT2D eigenvalue weighted by molar-refractivity contribution is -0.140. The number of hydrogen-bond donors (Lipinski definition) is 2. The van der Waals surface area contributed by atoms with Gasteiger partial charge in [-0.1, -0.05) is 38.1 Å². The monoisotopic (exact) mass is 397 g/mol. The highest BCUT2D eigenvalue weighted by Gasteiger charge is 2.46. The van der Waals surface area contributed by atoms with Crippen LogP contribution in [0.3, 0.4) is 0 Å². The average Bonchev–Trinajstić information content (AvgIpc) is 2.95. The first-order valence-corrected chi connectivity index (χ1v) is 10.1. The molecule has 0 bridgehead atoms. The number of benzene rings is 1. The van der Waals surface area contributed by atoms with Gasteiger partial charge in [0, 0.05) is 19.5 Å². The number of allylic oxidation sites excluding steroid dienone is 2. The summed E-state index contributed by atoms with van der Waals surface area (Å²) in [6.07, 6.45) is 5.02. The topological polar surface area (TPSA) is 95.6 Å². The van der Waals surface area contributed by atoms with E-state index < -0.39 is 0 Å². The lowest BCUT2D eigenvalue weighted by Crippen LogP contribution is -2.34. The summed E-state index contributed by atoms with van der Waals surface area (Å²) in [4.78, 5) is 51.0. The molecule has 2 atom stereocenters. The normalized spacial score (nSPS) is 20.7. The molecule has 29 heavy (non-hydrogen) atoms. The van der Waals surface area contributed by atoms with Gasteiger partial charge in [-0.3, -0.25) is 24.1 Å². The number of carbonyl (C=O) groups excluding carboxylic acids is 4. The van der Waals surface area contributed by atoms with Gasteiger partial charge < -0.3 is 10.6 Å². The first-order valence-electron chi connectivity index (χ1n) is 10.1. The summed E-state index contributed by atoms with van der Waals surface area (Å²) >= 11 is 0. The van der Waals surface area contributed by atoms with Gasteiger partial charge in [-0.2, -0.15) is 0 Å². The maximum atomic E-state index is 12.5. The van der Waals surface area contributed by atoms with E-state index in [1.807, 2.05) is 26.0 Å². The molecular formula is C22H27N3O4. The van der Waals surface area contributed by atoms with Crippen LogP contribution in [-0.2, 0) is 14.4 Å². The molecule has 7 heteroatoms. The van der Waals surface area contributed by atoms with Crippen LogP contribution < -0.4 is 10.6 Å².